The average Bonchev–Trinajstić information content (AvgIpc) is 2.88. The summed E-state index contributed by atoms with van der Waals surface area (Å²) in [6, 6.07) is 21.4. The number of aromatic carboxylic acids is 1. The lowest BCUT2D eigenvalue weighted by Gasteiger charge is -2.08. The number of aromatic nitrogens is 1. The number of hydrogen-bond donors (Lipinski definition) is 1. The van der Waals surface area contributed by atoms with Crippen molar-refractivity contribution in [1.82, 2.24) is 4.98 Å². The van der Waals surface area contributed by atoms with Crippen molar-refractivity contribution in [3.63, 3.8) is 0 Å². The second kappa shape index (κ2) is 9.60. The van der Waals surface area contributed by atoms with Gasteiger partial charge in [0.05, 0.1) is 5.56 Å². The molecule has 1 aromatic heterocycles. The van der Waals surface area contributed by atoms with E-state index in [0.717, 1.165) is 6.07 Å². The molecular formula is C27H16ClNO5. The summed E-state index contributed by atoms with van der Waals surface area (Å²) in [5.74, 6) is -2.60. The van der Waals surface area contributed by atoms with Crippen LogP contribution in [-0.2, 0) is 0 Å². The highest BCUT2D eigenvalue weighted by Crippen LogP contribution is 2.20. The molecule has 7 heteroatoms. The zero-order chi connectivity index (χ0) is 24.2. The molecule has 0 radical (unpaired) electrons. The molecule has 0 saturated heterocycles. The number of carbonyl (C=O) groups excluding carboxylic acids is 3. The Morgan fingerprint density at radius 2 is 1.24 bits per heavy atom. The fourth-order valence-electron chi connectivity index (χ4n) is 3.38. The average molecular weight is 470 g/mol. The molecule has 0 unspecified atom stereocenters. The van der Waals surface area contributed by atoms with Gasteiger partial charge in [-0.05, 0) is 48.5 Å². The SMILES string of the molecule is O=C(c1ccc(Cl)cc1)c1ccc(C(=O)c2ccc(C(=O)c3ccccc3)c(C(=O)O)c2)nc1. The minimum atomic E-state index is -1.33. The van der Waals surface area contributed by atoms with Crippen LogP contribution in [0.4, 0.5) is 0 Å². The third-order valence-electron chi connectivity index (χ3n) is 5.16. The van der Waals surface area contributed by atoms with Crippen molar-refractivity contribution in [2.45, 2.75) is 0 Å². The maximum atomic E-state index is 12.9. The summed E-state index contributed by atoms with van der Waals surface area (Å²) in [6.45, 7) is 0. The number of rotatable bonds is 7. The van der Waals surface area contributed by atoms with E-state index in [1.165, 1.54) is 30.5 Å². The van der Waals surface area contributed by atoms with Gasteiger partial charge in [0.2, 0.25) is 5.78 Å². The second-order valence-electron chi connectivity index (χ2n) is 7.36. The summed E-state index contributed by atoms with van der Waals surface area (Å²) in [7, 11) is 0. The van der Waals surface area contributed by atoms with E-state index in [1.807, 2.05) is 0 Å². The Morgan fingerprint density at radius 1 is 0.618 bits per heavy atom. The largest absolute Gasteiger partial charge is 0.478 e. The van der Waals surface area contributed by atoms with Crippen molar-refractivity contribution in [2.75, 3.05) is 0 Å². The van der Waals surface area contributed by atoms with Crippen molar-refractivity contribution < 1.29 is 24.3 Å². The first-order chi connectivity index (χ1) is 16.3. The summed E-state index contributed by atoms with van der Waals surface area (Å²) in [6.07, 6.45) is 1.29. The van der Waals surface area contributed by atoms with E-state index in [-0.39, 0.29) is 33.7 Å². The van der Waals surface area contributed by atoms with Crippen LogP contribution in [-0.4, -0.2) is 33.4 Å². The normalized spacial score (nSPS) is 10.5. The van der Waals surface area contributed by atoms with Gasteiger partial charge in [-0.3, -0.25) is 19.4 Å². The summed E-state index contributed by atoms with van der Waals surface area (Å²) < 4.78 is 0. The number of benzene rings is 3. The molecule has 0 bridgehead atoms. The molecule has 1 heterocycles. The fraction of sp³-hybridized carbons (Fsp3) is 0. The molecule has 0 aliphatic carbocycles. The molecule has 0 atom stereocenters. The van der Waals surface area contributed by atoms with Gasteiger partial charge >= 0.3 is 5.97 Å². The Hall–Kier alpha value is -4.42. The topological polar surface area (TPSA) is 101 Å². The van der Waals surface area contributed by atoms with Crippen LogP contribution >= 0.6 is 11.6 Å². The molecule has 34 heavy (non-hydrogen) atoms. The lowest BCUT2D eigenvalue weighted by Crippen LogP contribution is -2.13. The van der Waals surface area contributed by atoms with Crippen molar-refractivity contribution in [3.8, 4) is 0 Å². The van der Waals surface area contributed by atoms with E-state index in [0.29, 0.717) is 16.1 Å². The number of halogens is 1. The number of carboxylic acids is 1. The fourth-order valence-corrected chi connectivity index (χ4v) is 3.51. The van der Waals surface area contributed by atoms with Crippen LogP contribution in [0.25, 0.3) is 0 Å². The molecule has 1 N–H and O–H groups in total. The molecule has 4 rings (SSSR count). The molecule has 3 aromatic carbocycles. The van der Waals surface area contributed by atoms with Crippen molar-refractivity contribution in [2.24, 2.45) is 0 Å². The zero-order valence-corrected chi connectivity index (χ0v) is 18.3. The van der Waals surface area contributed by atoms with Crippen molar-refractivity contribution >= 4 is 34.9 Å². The lowest BCUT2D eigenvalue weighted by atomic mass is 9.94. The van der Waals surface area contributed by atoms with Crippen LogP contribution in [0.2, 0.25) is 5.02 Å². The van der Waals surface area contributed by atoms with Gasteiger partial charge in [0.1, 0.15) is 5.69 Å². The Balaban J connectivity index is 1.61. The number of hydrogen-bond acceptors (Lipinski definition) is 5. The second-order valence-corrected chi connectivity index (χ2v) is 7.79. The summed E-state index contributed by atoms with van der Waals surface area (Å²) >= 11 is 5.85. The van der Waals surface area contributed by atoms with Crippen LogP contribution in [0.5, 0.6) is 0 Å². The van der Waals surface area contributed by atoms with Gasteiger partial charge in [0, 0.05) is 39.0 Å². The highest BCUT2D eigenvalue weighted by atomic mass is 35.5. The molecular weight excluding hydrogens is 454 g/mol. The van der Waals surface area contributed by atoms with E-state index < -0.39 is 17.5 Å². The minimum Gasteiger partial charge on any atom is -0.478 e. The van der Waals surface area contributed by atoms with E-state index in [9.17, 15) is 24.3 Å². The van der Waals surface area contributed by atoms with Gasteiger partial charge in [-0.1, -0.05) is 48.0 Å². The first kappa shape index (κ1) is 22.8. The molecule has 0 spiro atoms. The van der Waals surface area contributed by atoms with Gasteiger partial charge in [0.15, 0.2) is 11.6 Å². The predicted octanol–water partition coefficient (Wildman–Crippen LogP) is 5.13. The van der Waals surface area contributed by atoms with E-state index in [4.69, 9.17) is 11.6 Å². The third-order valence-corrected chi connectivity index (χ3v) is 5.41. The first-order valence-electron chi connectivity index (χ1n) is 10.1. The smallest absolute Gasteiger partial charge is 0.336 e. The van der Waals surface area contributed by atoms with Gasteiger partial charge in [-0.25, -0.2) is 4.79 Å². The maximum absolute atomic E-state index is 12.9. The molecule has 0 saturated carbocycles. The Morgan fingerprint density at radius 3 is 1.85 bits per heavy atom. The number of nitrogens with zero attached hydrogens (tertiary/aromatic N) is 1. The molecule has 0 amide bonds. The van der Waals surface area contributed by atoms with E-state index in [2.05, 4.69) is 4.98 Å². The summed E-state index contributed by atoms with van der Waals surface area (Å²) in [5, 5.41) is 10.1. The summed E-state index contributed by atoms with van der Waals surface area (Å²) in [4.78, 5) is 54.2. The van der Waals surface area contributed by atoms with Crippen LogP contribution in [0.3, 0.4) is 0 Å². The summed E-state index contributed by atoms with van der Waals surface area (Å²) in [5.41, 5.74) is 0.842. The molecule has 6 nitrogen and oxygen atoms in total. The lowest BCUT2D eigenvalue weighted by molar-refractivity contribution is 0.0692. The van der Waals surface area contributed by atoms with Crippen LogP contribution in [0, 0.1) is 0 Å². The molecule has 0 fully saturated rings. The highest BCUT2D eigenvalue weighted by molar-refractivity contribution is 6.30. The van der Waals surface area contributed by atoms with Crippen LogP contribution in [0.15, 0.2) is 91.1 Å². The highest BCUT2D eigenvalue weighted by Gasteiger charge is 2.21. The first-order valence-corrected chi connectivity index (χ1v) is 10.5. The van der Waals surface area contributed by atoms with Gasteiger partial charge in [0.25, 0.3) is 0 Å². The van der Waals surface area contributed by atoms with Gasteiger partial charge < -0.3 is 5.11 Å². The van der Waals surface area contributed by atoms with Crippen LogP contribution in [0.1, 0.15) is 58.3 Å². The Bertz CT molecular complexity index is 1410. The zero-order valence-electron chi connectivity index (χ0n) is 17.6. The monoisotopic (exact) mass is 469 g/mol. The Labute approximate surface area is 199 Å². The molecule has 4 aromatic rings. The van der Waals surface area contributed by atoms with Gasteiger partial charge in [-0.15, -0.1) is 0 Å². The third kappa shape index (κ3) is 4.67. The maximum Gasteiger partial charge on any atom is 0.336 e. The van der Waals surface area contributed by atoms with E-state index >= 15 is 0 Å². The number of carbonyl (C=O) groups is 4. The number of carboxylic acid groups (broad SMARTS) is 1. The molecule has 166 valence electrons. The molecule has 0 aliphatic heterocycles. The van der Waals surface area contributed by atoms with Crippen molar-refractivity contribution in [1.29, 1.82) is 0 Å². The van der Waals surface area contributed by atoms with Crippen molar-refractivity contribution in [3.05, 3.63) is 135 Å². The van der Waals surface area contributed by atoms with Gasteiger partial charge in [-0.2, -0.15) is 0 Å². The number of ketones is 3. The quantitative estimate of drug-likeness (QED) is 0.377. The molecule has 0 aliphatic rings. The Kier molecular flexibility index (Phi) is 6.43. The minimum absolute atomic E-state index is 0.0212. The van der Waals surface area contributed by atoms with E-state index in [1.54, 1.807) is 54.6 Å². The predicted molar refractivity (Wildman–Crippen MR) is 126 cm³/mol. The standard InChI is InChI=1S/C27H16ClNO5/c28-20-10-6-17(7-11-20)24(30)19-9-13-23(29-15-19)26(32)18-8-12-21(22(14-18)27(33)34)25(31)16-4-2-1-3-5-16/h1-15H,(H,33,34). The van der Waals surface area contributed by atoms with Crippen LogP contribution < -0.4 is 0 Å². The number of pyridine rings is 1.